The number of nitrogens with one attached hydrogen (secondary N) is 2. The number of ether oxygens (including phenoxy) is 2. The van der Waals surface area contributed by atoms with Gasteiger partial charge in [-0.15, -0.1) is 24.0 Å². The van der Waals surface area contributed by atoms with Crippen molar-refractivity contribution in [3.05, 3.63) is 29.8 Å². The number of aliphatic imine (C=N–C) groups is 1. The number of guanidine groups is 1. The van der Waals surface area contributed by atoms with Crippen molar-refractivity contribution in [1.82, 2.24) is 15.5 Å². The summed E-state index contributed by atoms with van der Waals surface area (Å²) >= 11 is 0. The van der Waals surface area contributed by atoms with Crippen LogP contribution in [0.4, 0.5) is 4.79 Å². The summed E-state index contributed by atoms with van der Waals surface area (Å²) in [6.07, 6.45) is 2.93. The Hall–Kier alpha value is -1.71. The molecule has 1 heterocycles. The van der Waals surface area contributed by atoms with Crippen LogP contribution in [0.5, 0.6) is 5.75 Å². The van der Waals surface area contributed by atoms with Crippen LogP contribution in [0.15, 0.2) is 29.3 Å². The number of carbonyl (C=O) groups is 1. The van der Waals surface area contributed by atoms with E-state index in [-0.39, 0.29) is 30.1 Å². The number of methoxy groups -OCH3 is 1. The molecule has 1 atom stereocenters. The van der Waals surface area contributed by atoms with Crippen molar-refractivity contribution in [1.29, 1.82) is 0 Å². The summed E-state index contributed by atoms with van der Waals surface area (Å²) in [6.45, 7) is 8.68. The molecule has 0 spiro atoms. The molecule has 1 amide bonds. The van der Waals surface area contributed by atoms with Gasteiger partial charge in [-0.1, -0.05) is 18.2 Å². The summed E-state index contributed by atoms with van der Waals surface area (Å²) in [4.78, 5) is 18.4. The van der Waals surface area contributed by atoms with Crippen molar-refractivity contribution < 1.29 is 14.3 Å². The number of nitrogens with zero attached hydrogens (tertiary/aromatic N) is 2. The molecule has 1 aliphatic heterocycles. The van der Waals surface area contributed by atoms with Gasteiger partial charge in [0.2, 0.25) is 0 Å². The Morgan fingerprint density at radius 2 is 2.00 bits per heavy atom. The normalized spacial score (nSPS) is 17.0. The molecule has 1 aromatic carbocycles. The number of para-hydroxylation sites is 1. The van der Waals surface area contributed by atoms with Crippen molar-refractivity contribution in [2.75, 3.05) is 33.8 Å². The van der Waals surface area contributed by atoms with Gasteiger partial charge in [0.15, 0.2) is 5.96 Å². The van der Waals surface area contributed by atoms with Gasteiger partial charge in [0, 0.05) is 38.8 Å². The van der Waals surface area contributed by atoms with E-state index in [0.717, 1.165) is 56.2 Å². The quantitative estimate of drug-likeness (QED) is 0.329. The Morgan fingerprint density at radius 3 is 2.67 bits per heavy atom. The highest BCUT2D eigenvalue weighted by atomic mass is 127. The molecule has 170 valence electrons. The SMILES string of the molecule is CN=C(NCCC1CCCN(C(=O)OC(C)(C)C)C1)NCc1ccccc1OC.I. The maximum Gasteiger partial charge on any atom is 0.410 e. The van der Waals surface area contributed by atoms with E-state index in [9.17, 15) is 4.79 Å². The van der Waals surface area contributed by atoms with Gasteiger partial charge in [-0.2, -0.15) is 0 Å². The topological polar surface area (TPSA) is 75.2 Å². The second kappa shape index (κ2) is 12.9. The van der Waals surface area contributed by atoms with E-state index in [1.54, 1.807) is 14.2 Å². The Labute approximate surface area is 198 Å². The third kappa shape index (κ3) is 8.97. The number of carbonyl (C=O) groups excluding carboxylic acids is 1. The predicted molar refractivity (Wildman–Crippen MR) is 132 cm³/mol. The first kappa shape index (κ1) is 26.3. The van der Waals surface area contributed by atoms with Gasteiger partial charge in [0.25, 0.3) is 0 Å². The number of benzene rings is 1. The van der Waals surface area contributed by atoms with E-state index in [2.05, 4.69) is 15.6 Å². The first-order chi connectivity index (χ1) is 13.8. The molecule has 1 aromatic rings. The molecule has 7 nitrogen and oxygen atoms in total. The third-order valence-corrected chi connectivity index (χ3v) is 4.88. The van der Waals surface area contributed by atoms with E-state index in [0.29, 0.717) is 12.5 Å². The maximum atomic E-state index is 12.3. The summed E-state index contributed by atoms with van der Waals surface area (Å²) in [5.74, 6) is 2.09. The molecule has 2 N–H and O–H groups in total. The zero-order chi connectivity index (χ0) is 21.3. The lowest BCUT2D eigenvalue weighted by Gasteiger charge is -2.34. The number of rotatable bonds is 6. The van der Waals surface area contributed by atoms with Gasteiger partial charge in [0.1, 0.15) is 11.4 Å². The van der Waals surface area contributed by atoms with E-state index < -0.39 is 5.60 Å². The van der Waals surface area contributed by atoms with Crippen LogP contribution in [0.25, 0.3) is 0 Å². The Bertz CT molecular complexity index is 691. The van der Waals surface area contributed by atoms with Gasteiger partial charge < -0.3 is 25.0 Å². The molecule has 1 fully saturated rings. The first-order valence-electron chi connectivity index (χ1n) is 10.4. The number of hydrogen-bond donors (Lipinski definition) is 2. The zero-order valence-electron chi connectivity index (χ0n) is 18.9. The maximum absolute atomic E-state index is 12.3. The predicted octanol–water partition coefficient (Wildman–Crippen LogP) is 4.02. The van der Waals surface area contributed by atoms with E-state index in [1.807, 2.05) is 49.9 Å². The van der Waals surface area contributed by atoms with Gasteiger partial charge in [-0.3, -0.25) is 4.99 Å². The molecule has 0 aromatic heterocycles. The summed E-state index contributed by atoms with van der Waals surface area (Å²) in [6, 6.07) is 7.94. The van der Waals surface area contributed by atoms with Gasteiger partial charge in [-0.25, -0.2) is 4.79 Å². The van der Waals surface area contributed by atoms with Gasteiger partial charge in [-0.05, 0) is 52.0 Å². The Morgan fingerprint density at radius 1 is 1.27 bits per heavy atom. The van der Waals surface area contributed by atoms with Crippen LogP contribution in [0.1, 0.15) is 45.6 Å². The lowest BCUT2D eigenvalue weighted by atomic mass is 9.95. The van der Waals surface area contributed by atoms with Gasteiger partial charge >= 0.3 is 6.09 Å². The molecule has 0 radical (unpaired) electrons. The lowest BCUT2D eigenvalue weighted by Crippen LogP contribution is -2.44. The monoisotopic (exact) mass is 532 g/mol. The number of likely N-dealkylation sites (tertiary alicyclic amines) is 1. The van der Waals surface area contributed by atoms with Crippen molar-refractivity contribution in [2.45, 2.75) is 52.2 Å². The minimum absolute atomic E-state index is 0. The smallest absolute Gasteiger partial charge is 0.410 e. The van der Waals surface area contributed by atoms with Crippen LogP contribution in [-0.4, -0.2) is 56.3 Å². The molecular formula is C22H37IN4O3. The van der Waals surface area contributed by atoms with E-state index in [1.165, 1.54) is 0 Å². The third-order valence-electron chi connectivity index (χ3n) is 4.88. The highest BCUT2D eigenvalue weighted by molar-refractivity contribution is 14.0. The summed E-state index contributed by atoms with van der Waals surface area (Å²) in [5.41, 5.74) is 0.629. The molecule has 30 heavy (non-hydrogen) atoms. The van der Waals surface area contributed by atoms with E-state index in [4.69, 9.17) is 9.47 Å². The summed E-state index contributed by atoms with van der Waals surface area (Å²) < 4.78 is 10.9. The van der Waals surface area contributed by atoms with Crippen LogP contribution < -0.4 is 15.4 Å². The molecule has 1 aliphatic rings. The minimum atomic E-state index is -0.453. The lowest BCUT2D eigenvalue weighted by molar-refractivity contribution is 0.0162. The fourth-order valence-corrected chi connectivity index (χ4v) is 3.44. The van der Waals surface area contributed by atoms with Crippen LogP contribution in [0.2, 0.25) is 0 Å². The Balaban J connectivity index is 0.00000450. The number of amides is 1. The Kier molecular flexibility index (Phi) is 11.3. The molecule has 0 aliphatic carbocycles. The fourth-order valence-electron chi connectivity index (χ4n) is 3.44. The molecule has 0 bridgehead atoms. The van der Waals surface area contributed by atoms with E-state index >= 15 is 0 Å². The highest BCUT2D eigenvalue weighted by Gasteiger charge is 2.27. The van der Waals surface area contributed by atoms with Crippen LogP contribution in [-0.2, 0) is 11.3 Å². The average molecular weight is 532 g/mol. The second-order valence-corrected chi connectivity index (χ2v) is 8.39. The standard InChI is InChI=1S/C22H36N4O3.HI/c1-22(2,3)29-21(27)26-14-8-9-17(16-26)12-13-24-20(23-4)25-15-18-10-6-7-11-19(18)28-5;/h6-7,10-11,17H,8-9,12-16H2,1-5H3,(H2,23,24,25);1H. The summed E-state index contributed by atoms with van der Waals surface area (Å²) in [5, 5.41) is 6.70. The van der Waals surface area contributed by atoms with Crippen molar-refractivity contribution in [3.63, 3.8) is 0 Å². The average Bonchev–Trinajstić information content (AvgIpc) is 2.69. The van der Waals surface area contributed by atoms with Crippen molar-refractivity contribution >= 4 is 36.0 Å². The summed E-state index contributed by atoms with van der Waals surface area (Å²) in [7, 11) is 3.44. The molecule has 2 rings (SSSR count). The zero-order valence-corrected chi connectivity index (χ0v) is 21.2. The minimum Gasteiger partial charge on any atom is -0.496 e. The first-order valence-corrected chi connectivity index (χ1v) is 10.4. The van der Waals surface area contributed by atoms with Gasteiger partial charge in [0.05, 0.1) is 7.11 Å². The van der Waals surface area contributed by atoms with Crippen LogP contribution >= 0.6 is 24.0 Å². The largest absolute Gasteiger partial charge is 0.496 e. The molecule has 1 saturated heterocycles. The number of piperidine rings is 1. The van der Waals surface area contributed by atoms with Crippen LogP contribution in [0, 0.1) is 5.92 Å². The van der Waals surface area contributed by atoms with Crippen LogP contribution in [0.3, 0.4) is 0 Å². The number of halogens is 1. The molecule has 1 unspecified atom stereocenters. The molecular weight excluding hydrogens is 495 g/mol. The van der Waals surface area contributed by atoms with Crippen molar-refractivity contribution in [3.8, 4) is 5.75 Å². The molecule has 0 saturated carbocycles. The number of hydrogen-bond acceptors (Lipinski definition) is 4. The molecule has 8 heteroatoms. The fraction of sp³-hybridized carbons (Fsp3) is 0.636. The highest BCUT2D eigenvalue weighted by Crippen LogP contribution is 2.21. The van der Waals surface area contributed by atoms with Crippen molar-refractivity contribution in [2.24, 2.45) is 10.9 Å². The second-order valence-electron chi connectivity index (χ2n) is 8.39.